The number of nitrogens with zero attached hydrogens (tertiary/aromatic N) is 2. The Bertz CT molecular complexity index is 532. The number of anilines is 1. The number of nitrogens with two attached hydrogens (primary N) is 1. The number of aromatic nitrogens is 2. The topological polar surface area (TPSA) is 61.0 Å². The SMILES string of the molecule is CC(C)(C)c1nc(N)cc(Oc2ccccc2)n1. The van der Waals surface area contributed by atoms with Gasteiger partial charge in [-0.05, 0) is 12.1 Å². The van der Waals surface area contributed by atoms with Gasteiger partial charge in [0.15, 0.2) is 0 Å². The van der Waals surface area contributed by atoms with Crippen molar-refractivity contribution in [3.63, 3.8) is 0 Å². The molecule has 1 aromatic heterocycles. The molecule has 1 aromatic carbocycles. The molecule has 2 rings (SSSR count). The van der Waals surface area contributed by atoms with Crippen LogP contribution < -0.4 is 10.5 Å². The first-order valence-corrected chi connectivity index (χ1v) is 5.83. The van der Waals surface area contributed by atoms with E-state index < -0.39 is 0 Å². The summed E-state index contributed by atoms with van der Waals surface area (Å²) < 4.78 is 5.66. The molecule has 94 valence electrons. The van der Waals surface area contributed by atoms with Crippen molar-refractivity contribution in [2.24, 2.45) is 0 Å². The second-order valence-electron chi connectivity index (χ2n) is 5.12. The zero-order valence-corrected chi connectivity index (χ0v) is 10.8. The molecule has 0 bridgehead atoms. The van der Waals surface area contributed by atoms with Crippen molar-refractivity contribution in [1.29, 1.82) is 0 Å². The molecule has 4 heteroatoms. The lowest BCUT2D eigenvalue weighted by atomic mass is 9.96. The summed E-state index contributed by atoms with van der Waals surface area (Å²) in [6.07, 6.45) is 0. The minimum Gasteiger partial charge on any atom is -0.439 e. The van der Waals surface area contributed by atoms with E-state index in [1.165, 1.54) is 0 Å². The molecule has 0 amide bonds. The van der Waals surface area contributed by atoms with E-state index in [1.54, 1.807) is 6.07 Å². The Morgan fingerprint density at radius 1 is 1.06 bits per heavy atom. The van der Waals surface area contributed by atoms with Gasteiger partial charge in [-0.1, -0.05) is 39.0 Å². The highest BCUT2D eigenvalue weighted by atomic mass is 16.5. The third-order valence-corrected chi connectivity index (χ3v) is 2.36. The quantitative estimate of drug-likeness (QED) is 0.880. The van der Waals surface area contributed by atoms with Gasteiger partial charge in [0.1, 0.15) is 17.4 Å². The number of para-hydroxylation sites is 1. The van der Waals surface area contributed by atoms with E-state index in [-0.39, 0.29) is 5.41 Å². The average Bonchev–Trinajstić information content (AvgIpc) is 2.28. The van der Waals surface area contributed by atoms with Crippen LogP contribution in [0.1, 0.15) is 26.6 Å². The van der Waals surface area contributed by atoms with Crippen molar-refractivity contribution in [3.05, 3.63) is 42.2 Å². The normalized spacial score (nSPS) is 11.3. The van der Waals surface area contributed by atoms with Crippen LogP contribution in [0.25, 0.3) is 0 Å². The molecule has 0 atom stereocenters. The first-order valence-electron chi connectivity index (χ1n) is 5.83. The van der Waals surface area contributed by atoms with E-state index >= 15 is 0 Å². The summed E-state index contributed by atoms with van der Waals surface area (Å²) in [4.78, 5) is 8.62. The van der Waals surface area contributed by atoms with Gasteiger partial charge in [-0.3, -0.25) is 0 Å². The molecule has 0 radical (unpaired) electrons. The van der Waals surface area contributed by atoms with Crippen molar-refractivity contribution >= 4 is 5.82 Å². The molecule has 0 fully saturated rings. The van der Waals surface area contributed by atoms with Gasteiger partial charge in [0, 0.05) is 11.5 Å². The molecule has 0 saturated heterocycles. The van der Waals surface area contributed by atoms with E-state index in [2.05, 4.69) is 9.97 Å². The maximum atomic E-state index is 5.78. The Hall–Kier alpha value is -2.10. The van der Waals surface area contributed by atoms with Crippen molar-refractivity contribution < 1.29 is 4.74 Å². The first kappa shape index (κ1) is 12.4. The monoisotopic (exact) mass is 243 g/mol. The highest BCUT2D eigenvalue weighted by Gasteiger charge is 2.19. The summed E-state index contributed by atoms with van der Waals surface area (Å²) >= 11 is 0. The van der Waals surface area contributed by atoms with Gasteiger partial charge >= 0.3 is 0 Å². The molecule has 2 aromatic rings. The summed E-state index contributed by atoms with van der Waals surface area (Å²) in [6, 6.07) is 11.1. The summed E-state index contributed by atoms with van der Waals surface area (Å²) in [6.45, 7) is 6.11. The highest BCUT2D eigenvalue weighted by Crippen LogP contribution is 2.25. The molecule has 0 spiro atoms. The Kier molecular flexibility index (Phi) is 3.19. The molecular formula is C14H17N3O. The van der Waals surface area contributed by atoms with Gasteiger partial charge in [0.2, 0.25) is 5.88 Å². The molecule has 4 nitrogen and oxygen atoms in total. The molecule has 0 aliphatic carbocycles. The zero-order valence-electron chi connectivity index (χ0n) is 10.8. The van der Waals surface area contributed by atoms with Crippen LogP contribution in [0, 0.1) is 0 Å². The van der Waals surface area contributed by atoms with Crippen LogP contribution in [-0.4, -0.2) is 9.97 Å². The molecule has 0 aliphatic rings. The molecule has 18 heavy (non-hydrogen) atoms. The van der Waals surface area contributed by atoms with Crippen molar-refractivity contribution in [2.75, 3.05) is 5.73 Å². The minimum atomic E-state index is -0.163. The number of nitrogen functional groups attached to an aromatic ring is 1. The summed E-state index contributed by atoms with van der Waals surface area (Å²) in [7, 11) is 0. The maximum Gasteiger partial charge on any atom is 0.224 e. The zero-order chi connectivity index (χ0) is 13.2. The fourth-order valence-electron chi connectivity index (χ4n) is 1.44. The van der Waals surface area contributed by atoms with Crippen molar-refractivity contribution in [1.82, 2.24) is 9.97 Å². The maximum absolute atomic E-state index is 5.78. The standard InChI is InChI=1S/C14H17N3O/c1-14(2,3)13-16-11(15)9-12(17-13)18-10-7-5-4-6-8-10/h4-9H,1-3H3,(H2,15,16,17). The Balaban J connectivity index is 2.32. The number of hydrogen-bond acceptors (Lipinski definition) is 4. The molecular weight excluding hydrogens is 226 g/mol. The Morgan fingerprint density at radius 3 is 2.33 bits per heavy atom. The lowest BCUT2D eigenvalue weighted by Gasteiger charge is -2.17. The van der Waals surface area contributed by atoms with Gasteiger partial charge in [0.25, 0.3) is 0 Å². The van der Waals surface area contributed by atoms with Crippen LogP contribution in [-0.2, 0) is 5.41 Å². The fourth-order valence-corrected chi connectivity index (χ4v) is 1.44. The smallest absolute Gasteiger partial charge is 0.224 e. The largest absolute Gasteiger partial charge is 0.439 e. The third kappa shape index (κ3) is 2.97. The number of hydrogen-bond donors (Lipinski definition) is 1. The Morgan fingerprint density at radius 2 is 1.72 bits per heavy atom. The van der Waals surface area contributed by atoms with Gasteiger partial charge < -0.3 is 10.5 Å². The Labute approximate surface area is 107 Å². The second-order valence-corrected chi connectivity index (χ2v) is 5.12. The predicted molar refractivity (Wildman–Crippen MR) is 71.7 cm³/mol. The van der Waals surface area contributed by atoms with Gasteiger partial charge in [-0.15, -0.1) is 0 Å². The van der Waals surface area contributed by atoms with Crippen molar-refractivity contribution in [2.45, 2.75) is 26.2 Å². The lowest BCUT2D eigenvalue weighted by molar-refractivity contribution is 0.446. The number of rotatable bonds is 2. The first-order chi connectivity index (χ1) is 8.45. The molecule has 1 heterocycles. The van der Waals surface area contributed by atoms with E-state index in [1.807, 2.05) is 51.1 Å². The van der Waals surface area contributed by atoms with Gasteiger partial charge in [-0.25, -0.2) is 4.98 Å². The lowest BCUT2D eigenvalue weighted by Crippen LogP contribution is -2.17. The van der Waals surface area contributed by atoms with Gasteiger partial charge in [-0.2, -0.15) is 4.98 Å². The van der Waals surface area contributed by atoms with E-state index in [4.69, 9.17) is 10.5 Å². The van der Waals surface area contributed by atoms with Crippen LogP contribution in [0.15, 0.2) is 36.4 Å². The summed E-state index contributed by atoms with van der Waals surface area (Å²) in [5.74, 6) is 2.29. The van der Waals surface area contributed by atoms with E-state index in [0.717, 1.165) is 5.75 Å². The molecule has 2 N–H and O–H groups in total. The minimum absolute atomic E-state index is 0.163. The van der Waals surface area contributed by atoms with Gasteiger partial charge in [0.05, 0.1) is 0 Å². The van der Waals surface area contributed by atoms with Crippen LogP contribution >= 0.6 is 0 Å². The second kappa shape index (κ2) is 4.64. The highest BCUT2D eigenvalue weighted by molar-refractivity contribution is 5.36. The molecule has 0 aliphatic heterocycles. The number of benzene rings is 1. The van der Waals surface area contributed by atoms with Crippen LogP contribution in [0.3, 0.4) is 0 Å². The fraction of sp³-hybridized carbons (Fsp3) is 0.286. The molecule has 0 unspecified atom stereocenters. The summed E-state index contributed by atoms with van der Waals surface area (Å²) in [5, 5.41) is 0. The number of ether oxygens (including phenoxy) is 1. The third-order valence-electron chi connectivity index (χ3n) is 2.36. The van der Waals surface area contributed by atoms with Crippen LogP contribution in [0.2, 0.25) is 0 Å². The van der Waals surface area contributed by atoms with Crippen molar-refractivity contribution in [3.8, 4) is 11.6 Å². The van der Waals surface area contributed by atoms with E-state index in [9.17, 15) is 0 Å². The summed E-state index contributed by atoms with van der Waals surface area (Å²) in [5.41, 5.74) is 5.62. The average molecular weight is 243 g/mol. The molecule has 0 saturated carbocycles. The predicted octanol–water partition coefficient (Wildman–Crippen LogP) is 3.15. The van der Waals surface area contributed by atoms with Crippen LogP contribution in [0.4, 0.5) is 5.82 Å². The van der Waals surface area contributed by atoms with Crippen LogP contribution in [0.5, 0.6) is 11.6 Å². The van der Waals surface area contributed by atoms with E-state index in [0.29, 0.717) is 17.5 Å².